The Kier molecular flexibility index (Phi) is 4.15. The lowest BCUT2D eigenvalue weighted by molar-refractivity contribution is 0.546. The van der Waals surface area contributed by atoms with Gasteiger partial charge in [0.2, 0.25) is 5.95 Å². The summed E-state index contributed by atoms with van der Waals surface area (Å²) in [6, 6.07) is 0. The summed E-state index contributed by atoms with van der Waals surface area (Å²) in [5.74, 6) is 2.52. The predicted molar refractivity (Wildman–Crippen MR) is 81.9 cm³/mol. The Hall–Kier alpha value is -1.95. The molecular formula is C15H22N6. The number of imidazole rings is 1. The fourth-order valence-electron chi connectivity index (χ4n) is 2.45. The molecule has 0 spiro atoms. The lowest BCUT2D eigenvalue weighted by Gasteiger charge is -2.27. The Labute approximate surface area is 125 Å². The highest BCUT2D eigenvalue weighted by atomic mass is 15.3. The summed E-state index contributed by atoms with van der Waals surface area (Å²) in [5.41, 5.74) is 1.12. The molecule has 3 rings (SSSR count). The molecule has 0 saturated carbocycles. The van der Waals surface area contributed by atoms with Gasteiger partial charge in [-0.2, -0.15) is 0 Å². The Bertz CT molecular complexity index is 574. The molecule has 1 aliphatic rings. The highest BCUT2D eigenvalue weighted by molar-refractivity contribution is 5.31. The van der Waals surface area contributed by atoms with E-state index in [1.54, 1.807) is 0 Å². The number of hydrogen-bond acceptors (Lipinski definition) is 5. The molecule has 1 aliphatic heterocycles. The summed E-state index contributed by atoms with van der Waals surface area (Å²) in [6.45, 7) is 8.88. The number of fused-ring (bicyclic) bond motifs is 1. The molecule has 0 amide bonds. The van der Waals surface area contributed by atoms with Gasteiger partial charge in [-0.15, -0.1) is 0 Å². The van der Waals surface area contributed by atoms with Crippen LogP contribution in [-0.2, 0) is 19.6 Å². The van der Waals surface area contributed by atoms with Crippen molar-refractivity contribution in [2.24, 2.45) is 5.92 Å². The number of aromatic nitrogens is 4. The van der Waals surface area contributed by atoms with Crippen LogP contribution in [0.25, 0.3) is 0 Å². The molecule has 1 N–H and O–H groups in total. The summed E-state index contributed by atoms with van der Waals surface area (Å²) in [5, 5.41) is 3.40. The maximum Gasteiger partial charge on any atom is 0.225 e. The first-order valence-electron chi connectivity index (χ1n) is 7.49. The molecule has 3 heterocycles. The van der Waals surface area contributed by atoms with Crippen LogP contribution >= 0.6 is 0 Å². The van der Waals surface area contributed by atoms with Crippen molar-refractivity contribution in [2.45, 2.75) is 33.5 Å². The van der Waals surface area contributed by atoms with Crippen molar-refractivity contribution >= 4 is 5.95 Å². The molecule has 21 heavy (non-hydrogen) atoms. The van der Waals surface area contributed by atoms with Crippen LogP contribution in [-0.4, -0.2) is 32.6 Å². The van der Waals surface area contributed by atoms with Gasteiger partial charge >= 0.3 is 0 Å². The SMILES string of the molecule is CC(C)CNCc1cnc(N2CCn3ccnc3C2)nc1. The van der Waals surface area contributed by atoms with Crippen molar-refractivity contribution in [3.63, 3.8) is 0 Å². The van der Waals surface area contributed by atoms with Gasteiger partial charge in [-0.3, -0.25) is 0 Å². The minimum absolute atomic E-state index is 0.655. The monoisotopic (exact) mass is 286 g/mol. The molecule has 0 aliphatic carbocycles. The van der Waals surface area contributed by atoms with Gasteiger partial charge in [0.15, 0.2) is 0 Å². The third-order valence-corrected chi connectivity index (χ3v) is 3.60. The number of hydrogen-bond donors (Lipinski definition) is 1. The second-order valence-corrected chi connectivity index (χ2v) is 5.87. The first kappa shape index (κ1) is 14.0. The molecule has 0 atom stereocenters. The van der Waals surface area contributed by atoms with Crippen LogP contribution in [0, 0.1) is 5.92 Å². The van der Waals surface area contributed by atoms with Crippen molar-refractivity contribution < 1.29 is 0 Å². The fraction of sp³-hybridized carbons (Fsp3) is 0.533. The van der Waals surface area contributed by atoms with E-state index in [-0.39, 0.29) is 0 Å². The Balaban J connectivity index is 1.60. The number of nitrogens with one attached hydrogen (secondary N) is 1. The number of anilines is 1. The summed E-state index contributed by atoms with van der Waals surface area (Å²) in [7, 11) is 0. The molecule has 6 heteroatoms. The van der Waals surface area contributed by atoms with E-state index in [4.69, 9.17) is 0 Å². The molecule has 2 aromatic heterocycles. The number of nitrogens with zero attached hydrogens (tertiary/aromatic N) is 5. The molecule has 112 valence electrons. The first-order valence-corrected chi connectivity index (χ1v) is 7.49. The van der Waals surface area contributed by atoms with Crippen molar-refractivity contribution in [2.75, 3.05) is 18.0 Å². The van der Waals surface area contributed by atoms with Crippen LogP contribution in [0.15, 0.2) is 24.8 Å². The van der Waals surface area contributed by atoms with E-state index in [1.807, 2.05) is 24.8 Å². The Morgan fingerprint density at radius 1 is 1.19 bits per heavy atom. The van der Waals surface area contributed by atoms with Crippen molar-refractivity contribution in [3.8, 4) is 0 Å². The van der Waals surface area contributed by atoms with E-state index in [0.717, 1.165) is 50.1 Å². The van der Waals surface area contributed by atoms with E-state index in [0.29, 0.717) is 5.92 Å². The van der Waals surface area contributed by atoms with Gasteiger partial charge in [0.25, 0.3) is 0 Å². The van der Waals surface area contributed by atoms with Crippen LogP contribution in [0.1, 0.15) is 25.2 Å². The summed E-state index contributed by atoms with van der Waals surface area (Å²) >= 11 is 0. The quantitative estimate of drug-likeness (QED) is 0.901. The lowest BCUT2D eigenvalue weighted by Crippen LogP contribution is -2.34. The lowest BCUT2D eigenvalue weighted by atomic mass is 10.2. The zero-order valence-electron chi connectivity index (χ0n) is 12.7. The van der Waals surface area contributed by atoms with Gasteiger partial charge in [0.05, 0.1) is 6.54 Å². The highest BCUT2D eigenvalue weighted by Crippen LogP contribution is 2.15. The van der Waals surface area contributed by atoms with Gasteiger partial charge in [-0.1, -0.05) is 13.8 Å². The van der Waals surface area contributed by atoms with Crippen LogP contribution < -0.4 is 10.2 Å². The van der Waals surface area contributed by atoms with Gasteiger partial charge < -0.3 is 14.8 Å². The Morgan fingerprint density at radius 2 is 2.00 bits per heavy atom. The zero-order chi connectivity index (χ0) is 14.7. The molecule has 0 aromatic carbocycles. The van der Waals surface area contributed by atoms with Crippen LogP contribution in [0.2, 0.25) is 0 Å². The van der Waals surface area contributed by atoms with Crippen LogP contribution in [0.3, 0.4) is 0 Å². The standard InChI is InChI=1S/C15H22N6/c1-12(2)7-16-8-13-9-18-15(19-10-13)21-6-5-20-4-3-17-14(20)11-21/h3-4,9-10,12,16H,5-8,11H2,1-2H3. The third kappa shape index (κ3) is 3.39. The summed E-state index contributed by atoms with van der Waals surface area (Å²) in [6.07, 6.45) is 7.70. The van der Waals surface area contributed by atoms with Gasteiger partial charge in [0, 0.05) is 50.0 Å². The van der Waals surface area contributed by atoms with Crippen molar-refractivity contribution in [3.05, 3.63) is 36.2 Å². The van der Waals surface area contributed by atoms with Crippen molar-refractivity contribution in [1.29, 1.82) is 0 Å². The summed E-state index contributed by atoms with van der Waals surface area (Å²) in [4.78, 5) is 15.5. The molecular weight excluding hydrogens is 264 g/mol. The maximum atomic E-state index is 4.50. The van der Waals surface area contributed by atoms with Crippen LogP contribution in [0.5, 0.6) is 0 Å². The molecule has 0 unspecified atom stereocenters. The van der Waals surface area contributed by atoms with E-state index >= 15 is 0 Å². The number of rotatable bonds is 5. The van der Waals surface area contributed by atoms with Crippen LogP contribution in [0.4, 0.5) is 5.95 Å². The smallest absolute Gasteiger partial charge is 0.225 e. The molecule has 0 fully saturated rings. The van der Waals surface area contributed by atoms with E-state index in [2.05, 4.69) is 43.6 Å². The van der Waals surface area contributed by atoms with Gasteiger partial charge in [-0.05, 0) is 12.5 Å². The van der Waals surface area contributed by atoms with Crippen molar-refractivity contribution in [1.82, 2.24) is 24.8 Å². The zero-order valence-corrected chi connectivity index (χ0v) is 12.7. The average molecular weight is 286 g/mol. The second-order valence-electron chi connectivity index (χ2n) is 5.87. The molecule has 0 radical (unpaired) electrons. The van der Waals surface area contributed by atoms with Gasteiger partial charge in [0.1, 0.15) is 5.82 Å². The minimum atomic E-state index is 0.655. The first-order chi connectivity index (χ1) is 10.2. The fourth-order valence-corrected chi connectivity index (χ4v) is 2.45. The molecule has 0 bridgehead atoms. The molecule has 0 saturated heterocycles. The Morgan fingerprint density at radius 3 is 2.76 bits per heavy atom. The minimum Gasteiger partial charge on any atom is -0.332 e. The second kappa shape index (κ2) is 6.22. The molecule has 2 aromatic rings. The highest BCUT2D eigenvalue weighted by Gasteiger charge is 2.18. The predicted octanol–water partition coefficient (Wildman–Crippen LogP) is 1.44. The van der Waals surface area contributed by atoms with E-state index in [1.165, 1.54) is 0 Å². The largest absolute Gasteiger partial charge is 0.332 e. The third-order valence-electron chi connectivity index (χ3n) is 3.60. The van der Waals surface area contributed by atoms with E-state index in [9.17, 15) is 0 Å². The molecule has 6 nitrogen and oxygen atoms in total. The maximum absolute atomic E-state index is 4.50. The average Bonchev–Trinajstić information content (AvgIpc) is 2.95. The van der Waals surface area contributed by atoms with Gasteiger partial charge in [-0.25, -0.2) is 15.0 Å². The normalized spacial score (nSPS) is 14.5. The van der Waals surface area contributed by atoms with E-state index < -0.39 is 0 Å². The topological polar surface area (TPSA) is 58.9 Å². The summed E-state index contributed by atoms with van der Waals surface area (Å²) < 4.78 is 2.18.